The summed E-state index contributed by atoms with van der Waals surface area (Å²) in [6.07, 6.45) is -1.44. The number of amides is 1. The summed E-state index contributed by atoms with van der Waals surface area (Å²) in [5.41, 5.74) is 4.42. The first-order valence-corrected chi connectivity index (χ1v) is 12.4. The van der Waals surface area contributed by atoms with Crippen LogP contribution in [0.3, 0.4) is 0 Å². The Morgan fingerprint density at radius 2 is 1.59 bits per heavy atom. The third kappa shape index (κ3) is 6.64. The molecular weight excluding hydrogens is 475 g/mol. The van der Waals surface area contributed by atoms with Crippen LogP contribution in [0.25, 0.3) is 22.3 Å². The van der Waals surface area contributed by atoms with Crippen LogP contribution in [0, 0.1) is 5.82 Å². The minimum absolute atomic E-state index is 0.0111. The highest BCUT2D eigenvalue weighted by molar-refractivity contribution is 6.05. The van der Waals surface area contributed by atoms with Crippen molar-refractivity contribution in [1.82, 2.24) is 9.88 Å². The first kappa shape index (κ1) is 28.1. The topological polar surface area (TPSA) is 101 Å². The number of aliphatic hydroxyl groups excluding tert-OH is 2. The second-order valence-electron chi connectivity index (χ2n) is 9.32. The van der Waals surface area contributed by atoms with Gasteiger partial charge in [0.15, 0.2) is 0 Å². The molecule has 1 aromatic heterocycles. The third-order valence-corrected chi connectivity index (χ3v) is 6.35. The Labute approximate surface area is 216 Å². The molecule has 0 radical (unpaired) electrons. The van der Waals surface area contributed by atoms with E-state index >= 15 is 0 Å². The molecular formula is C29H35FN2O5. The van der Waals surface area contributed by atoms with Gasteiger partial charge in [-0.05, 0) is 56.4 Å². The van der Waals surface area contributed by atoms with Crippen molar-refractivity contribution in [2.45, 2.75) is 57.8 Å². The lowest BCUT2D eigenvalue weighted by molar-refractivity contribution is -0.143. The van der Waals surface area contributed by atoms with E-state index in [0.29, 0.717) is 12.1 Å². The molecule has 0 aliphatic carbocycles. The molecule has 198 valence electrons. The summed E-state index contributed by atoms with van der Waals surface area (Å²) in [4.78, 5) is 24.7. The van der Waals surface area contributed by atoms with Crippen molar-refractivity contribution in [2.24, 2.45) is 0 Å². The normalized spacial score (nSPS) is 12.9. The maximum Gasteiger partial charge on any atom is 0.308 e. The van der Waals surface area contributed by atoms with Crippen LogP contribution in [-0.4, -0.2) is 53.0 Å². The van der Waals surface area contributed by atoms with Gasteiger partial charge in [0, 0.05) is 29.9 Å². The van der Waals surface area contributed by atoms with Gasteiger partial charge >= 0.3 is 5.97 Å². The summed E-state index contributed by atoms with van der Waals surface area (Å²) in [5.74, 6) is -1.16. The van der Waals surface area contributed by atoms with Crippen molar-refractivity contribution in [3.05, 3.63) is 71.8 Å². The van der Waals surface area contributed by atoms with Gasteiger partial charge in [0.2, 0.25) is 0 Å². The van der Waals surface area contributed by atoms with Crippen molar-refractivity contribution >= 4 is 11.9 Å². The quantitative estimate of drug-likeness (QED) is 0.330. The number of halogens is 1. The first-order valence-electron chi connectivity index (χ1n) is 12.4. The largest absolute Gasteiger partial charge is 0.469 e. The van der Waals surface area contributed by atoms with Gasteiger partial charge in [-0.3, -0.25) is 9.59 Å². The second kappa shape index (κ2) is 12.7. The zero-order chi connectivity index (χ0) is 27.1. The molecule has 1 heterocycles. The number of hydrogen-bond donors (Lipinski definition) is 3. The molecule has 3 rings (SSSR count). The number of carbonyl (C=O) groups is 2. The van der Waals surface area contributed by atoms with E-state index in [1.54, 1.807) is 19.2 Å². The molecule has 0 aliphatic rings. The smallest absolute Gasteiger partial charge is 0.308 e. The molecule has 37 heavy (non-hydrogen) atoms. The number of rotatable bonds is 11. The summed E-state index contributed by atoms with van der Waals surface area (Å²) in [7, 11) is 2.83. The molecule has 3 aromatic rings. The minimum Gasteiger partial charge on any atom is -0.469 e. The number of carbonyl (C=O) groups excluding carboxylic acids is 2. The predicted octanol–water partition coefficient (Wildman–Crippen LogP) is 4.51. The molecule has 3 N–H and O–H groups in total. The van der Waals surface area contributed by atoms with Crippen LogP contribution in [0.15, 0.2) is 54.6 Å². The van der Waals surface area contributed by atoms with Crippen molar-refractivity contribution in [2.75, 3.05) is 14.2 Å². The van der Waals surface area contributed by atoms with Gasteiger partial charge in [0.25, 0.3) is 5.91 Å². The summed E-state index contributed by atoms with van der Waals surface area (Å²) >= 11 is 0. The van der Waals surface area contributed by atoms with Crippen LogP contribution < -0.4 is 5.32 Å². The van der Waals surface area contributed by atoms with Crippen LogP contribution in [-0.2, 0) is 16.0 Å². The van der Waals surface area contributed by atoms with Crippen LogP contribution in [0.2, 0.25) is 0 Å². The van der Waals surface area contributed by atoms with Gasteiger partial charge in [-0.15, -0.1) is 0 Å². The molecule has 7 nitrogen and oxygen atoms in total. The van der Waals surface area contributed by atoms with Gasteiger partial charge in [-0.25, -0.2) is 4.39 Å². The van der Waals surface area contributed by atoms with E-state index in [9.17, 15) is 24.2 Å². The van der Waals surface area contributed by atoms with Crippen LogP contribution in [0.4, 0.5) is 4.39 Å². The van der Waals surface area contributed by atoms with Crippen molar-refractivity contribution in [3.63, 3.8) is 0 Å². The van der Waals surface area contributed by atoms with Crippen LogP contribution >= 0.6 is 0 Å². The van der Waals surface area contributed by atoms with Gasteiger partial charge in [-0.2, -0.15) is 0 Å². The highest BCUT2D eigenvalue weighted by atomic mass is 19.1. The fraction of sp³-hybridized carbons (Fsp3) is 0.379. The lowest BCUT2D eigenvalue weighted by Gasteiger charge is -2.20. The van der Waals surface area contributed by atoms with Gasteiger partial charge in [-0.1, -0.05) is 42.5 Å². The van der Waals surface area contributed by atoms with Crippen molar-refractivity contribution < 1.29 is 28.9 Å². The SMILES string of the molecule is CNC(=O)c1c(-c2ccccc2)c(-c2ccc(F)cc2)c(CC[C@@H](O)C[C@@H](O)CC(=O)OC)n1C(C)C. The van der Waals surface area contributed by atoms with Crippen molar-refractivity contribution in [3.8, 4) is 22.3 Å². The Morgan fingerprint density at radius 3 is 2.16 bits per heavy atom. The number of hydrogen-bond acceptors (Lipinski definition) is 5. The van der Waals surface area contributed by atoms with E-state index in [-0.39, 0.29) is 37.0 Å². The maximum atomic E-state index is 13.9. The Bertz CT molecular complexity index is 1210. The van der Waals surface area contributed by atoms with E-state index in [1.807, 2.05) is 48.7 Å². The van der Waals surface area contributed by atoms with Gasteiger partial charge in [0.1, 0.15) is 11.5 Å². The number of aliphatic hydroxyl groups is 2. The number of nitrogens with one attached hydrogen (secondary N) is 1. The van der Waals surface area contributed by atoms with Crippen molar-refractivity contribution in [1.29, 1.82) is 0 Å². The zero-order valence-corrected chi connectivity index (χ0v) is 21.7. The first-order chi connectivity index (χ1) is 17.7. The van der Waals surface area contributed by atoms with E-state index < -0.39 is 18.2 Å². The average molecular weight is 511 g/mol. The fourth-order valence-electron chi connectivity index (χ4n) is 4.70. The van der Waals surface area contributed by atoms with E-state index in [1.165, 1.54) is 19.2 Å². The number of esters is 1. The molecule has 8 heteroatoms. The third-order valence-electron chi connectivity index (χ3n) is 6.35. The number of methoxy groups -OCH3 is 1. The number of aromatic nitrogens is 1. The standard InChI is InChI=1S/C29H35FN2O5/c1-18(2)32-24(15-14-22(33)16-23(34)17-25(35)37-4)26(20-10-12-21(30)13-11-20)27(28(32)29(36)31-3)19-8-6-5-7-9-19/h5-13,18,22-23,33-34H,14-17H2,1-4H3,(H,31,36)/t22-,23-/m1/s1. The molecule has 1 amide bonds. The van der Waals surface area contributed by atoms with Crippen LogP contribution in [0.1, 0.15) is 55.3 Å². The average Bonchev–Trinajstić information content (AvgIpc) is 3.23. The van der Waals surface area contributed by atoms with Crippen LogP contribution in [0.5, 0.6) is 0 Å². The highest BCUT2D eigenvalue weighted by Crippen LogP contribution is 2.42. The Kier molecular flexibility index (Phi) is 9.60. The highest BCUT2D eigenvalue weighted by Gasteiger charge is 2.30. The molecule has 2 atom stereocenters. The fourth-order valence-corrected chi connectivity index (χ4v) is 4.70. The second-order valence-corrected chi connectivity index (χ2v) is 9.32. The molecule has 0 spiro atoms. The maximum absolute atomic E-state index is 13.9. The predicted molar refractivity (Wildman–Crippen MR) is 141 cm³/mol. The Balaban J connectivity index is 2.15. The molecule has 0 unspecified atom stereocenters. The zero-order valence-electron chi connectivity index (χ0n) is 21.7. The molecule has 0 bridgehead atoms. The molecule has 0 aliphatic heterocycles. The summed E-state index contributed by atoms with van der Waals surface area (Å²) in [6, 6.07) is 15.6. The summed E-state index contributed by atoms with van der Waals surface area (Å²) in [5, 5.41) is 23.6. The summed E-state index contributed by atoms with van der Waals surface area (Å²) in [6.45, 7) is 3.96. The van der Waals surface area contributed by atoms with Gasteiger partial charge < -0.3 is 24.8 Å². The lowest BCUT2D eigenvalue weighted by atomic mass is 9.92. The summed E-state index contributed by atoms with van der Waals surface area (Å²) < 4.78 is 20.4. The Morgan fingerprint density at radius 1 is 0.973 bits per heavy atom. The minimum atomic E-state index is -1.03. The number of nitrogens with zero attached hydrogens (tertiary/aromatic N) is 1. The molecule has 0 fully saturated rings. The number of benzene rings is 2. The van der Waals surface area contributed by atoms with E-state index in [4.69, 9.17) is 0 Å². The van der Waals surface area contributed by atoms with Gasteiger partial charge in [0.05, 0.1) is 25.7 Å². The molecule has 0 saturated heterocycles. The lowest BCUT2D eigenvalue weighted by Crippen LogP contribution is -2.25. The monoisotopic (exact) mass is 510 g/mol. The molecule has 2 aromatic carbocycles. The molecule has 0 saturated carbocycles. The Hall–Kier alpha value is -3.49. The van der Waals surface area contributed by atoms with E-state index in [0.717, 1.165) is 27.9 Å². The number of ether oxygens (including phenoxy) is 1. The van der Waals surface area contributed by atoms with E-state index in [2.05, 4.69) is 10.1 Å².